The van der Waals surface area contributed by atoms with E-state index in [0.717, 1.165) is 11.3 Å². The Morgan fingerprint density at radius 3 is 2.79 bits per heavy atom. The van der Waals surface area contributed by atoms with E-state index in [-0.39, 0.29) is 5.91 Å². The lowest BCUT2D eigenvalue weighted by Gasteiger charge is -2.08. The molecule has 0 saturated carbocycles. The first-order chi connectivity index (χ1) is 9.10. The molecule has 0 fully saturated rings. The van der Waals surface area contributed by atoms with E-state index in [9.17, 15) is 4.79 Å². The van der Waals surface area contributed by atoms with Crippen LogP contribution < -0.4 is 10.6 Å². The van der Waals surface area contributed by atoms with Crippen LogP contribution in [0.4, 0.5) is 11.4 Å². The summed E-state index contributed by atoms with van der Waals surface area (Å²) in [5, 5.41) is 6.22. The molecule has 1 heterocycles. The molecule has 0 aliphatic rings. The minimum atomic E-state index is -0.287. The van der Waals surface area contributed by atoms with Gasteiger partial charge in [0.05, 0.1) is 10.7 Å². The van der Waals surface area contributed by atoms with E-state index in [2.05, 4.69) is 15.6 Å². The summed E-state index contributed by atoms with van der Waals surface area (Å²) in [7, 11) is 1.79. The zero-order valence-corrected chi connectivity index (χ0v) is 11.5. The second-order valence-electron chi connectivity index (χ2n) is 4.12. The van der Waals surface area contributed by atoms with Gasteiger partial charge in [-0.15, -0.1) is 0 Å². The van der Waals surface area contributed by atoms with Crippen molar-refractivity contribution in [1.82, 2.24) is 4.98 Å². The van der Waals surface area contributed by atoms with Gasteiger partial charge in [0.2, 0.25) is 0 Å². The molecule has 1 aromatic heterocycles. The third-order valence-electron chi connectivity index (χ3n) is 2.65. The first-order valence-corrected chi connectivity index (χ1v) is 6.19. The van der Waals surface area contributed by atoms with Gasteiger partial charge >= 0.3 is 0 Å². The van der Waals surface area contributed by atoms with Crippen LogP contribution in [0.25, 0.3) is 0 Å². The highest BCUT2D eigenvalue weighted by molar-refractivity contribution is 6.33. The standard InChI is InChI=1S/C14H14ClN3O/c1-9-3-4-11(15)12(7-9)18-14(19)13-8-10(16-2)5-6-17-13/h3-8H,1-2H3,(H,16,17)(H,18,19). The van der Waals surface area contributed by atoms with Crippen molar-refractivity contribution in [2.45, 2.75) is 6.92 Å². The zero-order valence-electron chi connectivity index (χ0n) is 10.7. The van der Waals surface area contributed by atoms with Gasteiger partial charge in [-0.05, 0) is 36.8 Å². The maximum absolute atomic E-state index is 12.1. The van der Waals surface area contributed by atoms with Gasteiger partial charge in [-0.2, -0.15) is 0 Å². The predicted molar refractivity (Wildman–Crippen MR) is 77.9 cm³/mol. The summed E-state index contributed by atoms with van der Waals surface area (Å²) in [6.45, 7) is 1.94. The number of pyridine rings is 1. The molecule has 4 nitrogen and oxygen atoms in total. The molecule has 98 valence electrons. The summed E-state index contributed by atoms with van der Waals surface area (Å²) in [6, 6.07) is 8.93. The van der Waals surface area contributed by atoms with Crippen LogP contribution in [0.3, 0.4) is 0 Å². The first kappa shape index (κ1) is 13.4. The summed E-state index contributed by atoms with van der Waals surface area (Å²) >= 11 is 6.04. The predicted octanol–water partition coefficient (Wildman–Crippen LogP) is 3.34. The minimum Gasteiger partial charge on any atom is -0.388 e. The van der Waals surface area contributed by atoms with Crippen molar-refractivity contribution in [2.75, 3.05) is 17.7 Å². The average Bonchev–Trinajstić information content (AvgIpc) is 2.43. The van der Waals surface area contributed by atoms with Crippen molar-refractivity contribution in [1.29, 1.82) is 0 Å². The van der Waals surface area contributed by atoms with Crippen molar-refractivity contribution in [3.8, 4) is 0 Å². The molecule has 2 rings (SSSR count). The van der Waals surface area contributed by atoms with E-state index in [1.165, 1.54) is 0 Å². The topological polar surface area (TPSA) is 54.0 Å². The fourth-order valence-electron chi connectivity index (χ4n) is 1.63. The number of benzene rings is 1. The molecular weight excluding hydrogens is 262 g/mol. The highest BCUT2D eigenvalue weighted by atomic mass is 35.5. The van der Waals surface area contributed by atoms with Crippen molar-refractivity contribution >= 4 is 28.9 Å². The number of hydrogen-bond acceptors (Lipinski definition) is 3. The van der Waals surface area contributed by atoms with Gasteiger partial charge in [-0.25, -0.2) is 0 Å². The van der Waals surface area contributed by atoms with Crippen LogP contribution in [-0.4, -0.2) is 17.9 Å². The summed E-state index contributed by atoms with van der Waals surface area (Å²) in [6.07, 6.45) is 1.58. The number of carbonyl (C=O) groups excluding carboxylic acids is 1. The maximum atomic E-state index is 12.1. The summed E-state index contributed by atoms with van der Waals surface area (Å²) in [4.78, 5) is 16.1. The van der Waals surface area contributed by atoms with Gasteiger partial charge in [0.15, 0.2) is 0 Å². The van der Waals surface area contributed by atoms with E-state index in [1.807, 2.05) is 19.1 Å². The molecule has 0 radical (unpaired) electrons. The Kier molecular flexibility index (Phi) is 4.02. The molecule has 2 aromatic rings. The highest BCUT2D eigenvalue weighted by Gasteiger charge is 2.10. The second-order valence-corrected chi connectivity index (χ2v) is 4.52. The Bertz CT molecular complexity index is 613. The van der Waals surface area contributed by atoms with Crippen LogP contribution >= 0.6 is 11.6 Å². The summed E-state index contributed by atoms with van der Waals surface area (Å²) in [5.74, 6) is -0.287. The third-order valence-corrected chi connectivity index (χ3v) is 2.98. The number of anilines is 2. The summed E-state index contributed by atoms with van der Waals surface area (Å²) < 4.78 is 0. The van der Waals surface area contributed by atoms with Crippen LogP contribution in [0, 0.1) is 6.92 Å². The third kappa shape index (κ3) is 3.23. The molecule has 1 aromatic carbocycles. The fraction of sp³-hybridized carbons (Fsp3) is 0.143. The van der Waals surface area contributed by atoms with Gasteiger partial charge in [-0.3, -0.25) is 9.78 Å². The molecule has 2 N–H and O–H groups in total. The normalized spacial score (nSPS) is 10.1. The molecule has 0 aliphatic heterocycles. The van der Waals surface area contributed by atoms with Gasteiger partial charge in [0.1, 0.15) is 5.69 Å². The largest absolute Gasteiger partial charge is 0.388 e. The number of amides is 1. The van der Waals surface area contributed by atoms with Crippen LogP contribution in [0.1, 0.15) is 16.1 Å². The number of nitrogens with one attached hydrogen (secondary N) is 2. The van der Waals surface area contributed by atoms with Crippen molar-refractivity contribution in [2.24, 2.45) is 0 Å². The number of aromatic nitrogens is 1. The molecule has 0 bridgehead atoms. The number of nitrogens with zero attached hydrogens (tertiary/aromatic N) is 1. The molecule has 5 heteroatoms. The van der Waals surface area contributed by atoms with Gasteiger partial charge in [0.25, 0.3) is 5.91 Å². The van der Waals surface area contributed by atoms with Crippen molar-refractivity contribution < 1.29 is 4.79 Å². The molecular formula is C14H14ClN3O. The minimum absolute atomic E-state index is 0.287. The molecule has 19 heavy (non-hydrogen) atoms. The Morgan fingerprint density at radius 1 is 1.26 bits per heavy atom. The van der Waals surface area contributed by atoms with E-state index in [4.69, 9.17) is 11.6 Å². The average molecular weight is 276 g/mol. The molecule has 0 spiro atoms. The fourth-order valence-corrected chi connectivity index (χ4v) is 1.80. The highest BCUT2D eigenvalue weighted by Crippen LogP contribution is 2.23. The van der Waals surface area contributed by atoms with E-state index < -0.39 is 0 Å². The van der Waals surface area contributed by atoms with Crippen molar-refractivity contribution in [3.63, 3.8) is 0 Å². The van der Waals surface area contributed by atoms with Gasteiger partial charge < -0.3 is 10.6 Å². The lowest BCUT2D eigenvalue weighted by Crippen LogP contribution is -2.14. The summed E-state index contributed by atoms with van der Waals surface area (Å²) in [5.41, 5.74) is 2.78. The number of hydrogen-bond donors (Lipinski definition) is 2. The SMILES string of the molecule is CNc1ccnc(C(=O)Nc2cc(C)ccc2Cl)c1. The van der Waals surface area contributed by atoms with Crippen LogP contribution in [0.5, 0.6) is 0 Å². The zero-order chi connectivity index (χ0) is 13.8. The number of carbonyl (C=O) groups is 1. The van der Waals surface area contributed by atoms with E-state index in [1.54, 1.807) is 31.4 Å². The Labute approximate surface area is 116 Å². The lowest BCUT2D eigenvalue weighted by atomic mass is 10.2. The van der Waals surface area contributed by atoms with E-state index in [0.29, 0.717) is 16.4 Å². The monoisotopic (exact) mass is 275 g/mol. The quantitative estimate of drug-likeness (QED) is 0.903. The Hall–Kier alpha value is -2.07. The molecule has 0 unspecified atom stereocenters. The molecule has 0 saturated heterocycles. The Balaban J connectivity index is 2.22. The number of halogens is 1. The molecule has 0 aliphatic carbocycles. The first-order valence-electron chi connectivity index (χ1n) is 5.81. The second kappa shape index (κ2) is 5.71. The molecule has 0 atom stereocenters. The van der Waals surface area contributed by atoms with Crippen molar-refractivity contribution in [3.05, 3.63) is 52.8 Å². The van der Waals surface area contributed by atoms with Crippen LogP contribution in [-0.2, 0) is 0 Å². The van der Waals surface area contributed by atoms with Gasteiger partial charge in [-0.1, -0.05) is 17.7 Å². The molecule has 1 amide bonds. The lowest BCUT2D eigenvalue weighted by molar-refractivity contribution is 0.102. The smallest absolute Gasteiger partial charge is 0.274 e. The van der Waals surface area contributed by atoms with Crippen LogP contribution in [0.15, 0.2) is 36.5 Å². The maximum Gasteiger partial charge on any atom is 0.274 e. The Morgan fingerprint density at radius 2 is 2.05 bits per heavy atom. The van der Waals surface area contributed by atoms with E-state index >= 15 is 0 Å². The number of rotatable bonds is 3. The van der Waals surface area contributed by atoms with Gasteiger partial charge in [0, 0.05) is 18.9 Å². The van der Waals surface area contributed by atoms with Crippen LogP contribution in [0.2, 0.25) is 5.02 Å². The number of aryl methyl sites for hydroxylation is 1.